The fourth-order valence-corrected chi connectivity index (χ4v) is 2.93. The molecule has 1 N–H and O–H groups in total. The molecule has 0 aliphatic carbocycles. The maximum absolute atomic E-state index is 13.7. The summed E-state index contributed by atoms with van der Waals surface area (Å²) in [6.07, 6.45) is 0. The minimum absolute atomic E-state index is 0.0610. The van der Waals surface area contributed by atoms with Crippen molar-refractivity contribution in [2.24, 2.45) is 0 Å². The van der Waals surface area contributed by atoms with Crippen molar-refractivity contribution in [1.82, 2.24) is 4.90 Å². The maximum atomic E-state index is 13.7. The lowest BCUT2D eigenvalue weighted by molar-refractivity contribution is -0.118. The normalized spacial score (nSPS) is 10.3. The smallest absolute Gasteiger partial charge is 0.262 e. The number of halogens is 2. The summed E-state index contributed by atoms with van der Waals surface area (Å²) in [6.45, 7) is 0.253. The van der Waals surface area contributed by atoms with Crippen LogP contribution in [0, 0.1) is 5.82 Å². The summed E-state index contributed by atoms with van der Waals surface area (Å²) in [5.74, 6) is -0.456. The van der Waals surface area contributed by atoms with Crippen molar-refractivity contribution in [3.05, 3.63) is 89.2 Å². The fourth-order valence-electron chi connectivity index (χ4n) is 2.80. The van der Waals surface area contributed by atoms with Crippen molar-refractivity contribution in [2.75, 3.05) is 32.1 Å². The monoisotopic (exact) mass is 456 g/mol. The van der Waals surface area contributed by atoms with Gasteiger partial charge in [-0.05, 0) is 48.5 Å². The molecule has 0 heterocycles. The second-order valence-electron chi connectivity index (χ2n) is 6.84. The van der Waals surface area contributed by atoms with Gasteiger partial charge in [0.05, 0.1) is 17.8 Å². The summed E-state index contributed by atoms with van der Waals surface area (Å²) in [7, 11) is 1.65. The summed E-state index contributed by atoms with van der Waals surface area (Å²) in [6, 6.07) is 19.4. The molecule has 32 heavy (non-hydrogen) atoms. The first-order chi connectivity index (χ1) is 15.4. The van der Waals surface area contributed by atoms with Gasteiger partial charge in [0.25, 0.3) is 11.8 Å². The van der Waals surface area contributed by atoms with E-state index in [9.17, 15) is 14.0 Å². The highest BCUT2D eigenvalue weighted by Crippen LogP contribution is 2.20. The molecule has 0 aliphatic rings. The van der Waals surface area contributed by atoms with E-state index >= 15 is 0 Å². The van der Waals surface area contributed by atoms with Gasteiger partial charge in [0, 0.05) is 12.1 Å². The molecule has 166 valence electrons. The SMILES string of the molecule is CN(CCOc1ccc(Cl)cc1)C(=O)c1ccccc1OCC(=O)Nc1ccccc1F. The maximum Gasteiger partial charge on any atom is 0.262 e. The molecule has 0 saturated heterocycles. The number of hydrogen-bond acceptors (Lipinski definition) is 4. The molecule has 0 bridgehead atoms. The van der Waals surface area contributed by atoms with E-state index in [1.54, 1.807) is 61.6 Å². The van der Waals surface area contributed by atoms with Crippen molar-refractivity contribution >= 4 is 29.1 Å². The lowest BCUT2D eigenvalue weighted by Crippen LogP contribution is -2.31. The van der Waals surface area contributed by atoms with Crippen LogP contribution in [0.25, 0.3) is 0 Å². The number of nitrogens with zero attached hydrogens (tertiary/aromatic N) is 1. The summed E-state index contributed by atoms with van der Waals surface area (Å²) in [4.78, 5) is 26.5. The summed E-state index contributed by atoms with van der Waals surface area (Å²) < 4.78 is 24.8. The molecule has 0 atom stereocenters. The highest BCUT2D eigenvalue weighted by atomic mass is 35.5. The number of anilines is 1. The lowest BCUT2D eigenvalue weighted by Gasteiger charge is -2.19. The highest BCUT2D eigenvalue weighted by Gasteiger charge is 2.17. The summed E-state index contributed by atoms with van der Waals surface area (Å²) in [5, 5.41) is 3.05. The first-order valence-electron chi connectivity index (χ1n) is 9.84. The van der Waals surface area contributed by atoms with E-state index in [0.29, 0.717) is 22.9 Å². The molecule has 3 aromatic carbocycles. The summed E-state index contributed by atoms with van der Waals surface area (Å²) in [5.41, 5.74) is 0.367. The average molecular weight is 457 g/mol. The van der Waals surface area contributed by atoms with E-state index < -0.39 is 11.7 Å². The van der Waals surface area contributed by atoms with Gasteiger partial charge in [0.15, 0.2) is 6.61 Å². The largest absolute Gasteiger partial charge is 0.492 e. The Hall–Kier alpha value is -3.58. The third-order valence-corrected chi connectivity index (χ3v) is 4.73. The van der Waals surface area contributed by atoms with Crippen molar-refractivity contribution < 1.29 is 23.5 Å². The van der Waals surface area contributed by atoms with Gasteiger partial charge >= 0.3 is 0 Å². The molecule has 0 aromatic heterocycles. The number of hydrogen-bond donors (Lipinski definition) is 1. The molecule has 6 nitrogen and oxygen atoms in total. The first kappa shape index (κ1) is 23.1. The van der Waals surface area contributed by atoms with E-state index in [0.717, 1.165) is 0 Å². The minimum atomic E-state index is -0.543. The third kappa shape index (κ3) is 6.46. The molecular weight excluding hydrogens is 435 g/mol. The van der Waals surface area contributed by atoms with Crippen LogP contribution in [0.3, 0.4) is 0 Å². The minimum Gasteiger partial charge on any atom is -0.492 e. The van der Waals surface area contributed by atoms with Gasteiger partial charge in [-0.1, -0.05) is 35.9 Å². The number of para-hydroxylation sites is 2. The quantitative estimate of drug-likeness (QED) is 0.509. The van der Waals surface area contributed by atoms with Gasteiger partial charge in [-0.2, -0.15) is 0 Å². The zero-order chi connectivity index (χ0) is 22.9. The van der Waals surface area contributed by atoms with Crippen LogP contribution >= 0.6 is 11.6 Å². The number of amides is 2. The number of likely N-dealkylation sites (N-methyl/N-ethyl adjacent to an activating group) is 1. The van der Waals surface area contributed by atoms with Gasteiger partial charge in [-0.15, -0.1) is 0 Å². The van der Waals surface area contributed by atoms with Crippen LogP contribution in [0.2, 0.25) is 5.02 Å². The first-order valence-corrected chi connectivity index (χ1v) is 10.2. The average Bonchev–Trinajstić information content (AvgIpc) is 2.80. The molecule has 0 fully saturated rings. The Morgan fingerprint density at radius 2 is 1.66 bits per heavy atom. The van der Waals surface area contributed by atoms with Crippen molar-refractivity contribution in [2.45, 2.75) is 0 Å². The number of carbonyl (C=O) groups is 2. The molecule has 2 amide bonds. The van der Waals surface area contributed by atoms with Crippen LogP contribution in [0.5, 0.6) is 11.5 Å². The van der Waals surface area contributed by atoms with Crippen molar-refractivity contribution in [1.29, 1.82) is 0 Å². The van der Waals surface area contributed by atoms with Gasteiger partial charge in [-0.25, -0.2) is 4.39 Å². The molecule has 3 rings (SSSR count). The third-order valence-electron chi connectivity index (χ3n) is 4.48. The second-order valence-corrected chi connectivity index (χ2v) is 7.28. The van der Waals surface area contributed by atoms with Crippen LogP contribution in [-0.2, 0) is 4.79 Å². The van der Waals surface area contributed by atoms with Crippen LogP contribution in [0.15, 0.2) is 72.8 Å². The van der Waals surface area contributed by atoms with Crippen molar-refractivity contribution in [3.63, 3.8) is 0 Å². The second kappa shape index (κ2) is 11.2. The number of nitrogens with one attached hydrogen (secondary N) is 1. The standard InChI is InChI=1S/C24H22ClFN2O4/c1-28(14-15-31-18-12-10-17(25)11-13-18)24(30)19-6-2-5-9-22(19)32-16-23(29)27-21-8-4-3-7-20(21)26/h2-13H,14-16H2,1H3,(H,27,29). The topological polar surface area (TPSA) is 67.9 Å². The Bertz CT molecular complexity index is 1080. The van der Waals surface area contributed by atoms with Gasteiger partial charge in [-0.3, -0.25) is 9.59 Å². The molecule has 0 unspecified atom stereocenters. The number of rotatable bonds is 9. The Morgan fingerprint density at radius 3 is 2.41 bits per heavy atom. The molecule has 0 spiro atoms. The number of benzene rings is 3. The predicted molar refractivity (Wildman–Crippen MR) is 121 cm³/mol. The van der Waals surface area contributed by atoms with Gasteiger partial charge in [0.2, 0.25) is 0 Å². The molecule has 0 saturated carbocycles. The van der Waals surface area contributed by atoms with Gasteiger partial charge in [0.1, 0.15) is 23.9 Å². The molecule has 3 aromatic rings. The van der Waals surface area contributed by atoms with E-state index in [4.69, 9.17) is 21.1 Å². The lowest BCUT2D eigenvalue weighted by atomic mass is 10.2. The molecule has 8 heteroatoms. The zero-order valence-electron chi connectivity index (χ0n) is 17.4. The van der Waals surface area contributed by atoms with Crippen LogP contribution in [0.4, 0.5) is 10.1 Å². The Balaban J connectivity index is 1.54. The summed E-state index contributed by atoms with van der Waals surface area (Å²) >= 11 is 5.85. The van der Waals surface area contributed by atoms with E-state index in [1.165, 1.54) is 23.1 Å². The Kier molecular flexibility index (Phi) is 8.05. The predicted octanol–water partition coefficient (Wildman–Crippen LogP) is 4.65. The van der Waals surface area contributed by atoms with Crippen molar-refractivity contribution in [3.8, 4) is 11.5 Å². The number of carbonyl (C=O) groups excluding carboxylic acids is 2. The molecular formula is C24H22ClFN2O4. The van der Waals surface area contributed by atoms with Crippen LogP contribution in [-0.4, -0.2) is 43.5 Å². The Labute approximate surface area is 190 Å². The van der Waals surface area contributed by atoms with Gasteiger partial charge < -0.3 is 19.7 Å². The number of ether oxygens (including phenoxy) is 2. The highest BCUT2D eigenvalue weighted by molar-refractivity contribution is 6.30. The van der Waals surface area contributed by atoms with Crippen LogP contribution in [0.1, 0.15) is 10.4 Å². The molecule has 0 radical (unpaired) electrons. The van der Waals surface area contributed by atoms with E-state index in [-0.39, 0.29) is 30.6 Å². The zero-order valence-corrected chi connectivity index (χ0v) is 18.1. The Morgan fingerprint density at radius 1 is 0.969 bits per heavy atom. The fraction of sp³-hybridized carbons (Fsp3) is 0.167. The molecule has 0 aliphatic heterocycles. The van der Waals surface area contributed by atoms with E-state index in [1.807, 2.05) is 0 Å². The van der Waals surface area contributed by atoms with E-state index in [2.05, 4.69) is 5.32 Å². The van der Waals surface area contributed by atoms with Crippen LogP contribution < -0.4 is 14.8 Å².